The Morgan fingerprint density at radius 2 is 1.76 bits per heavy atom. The van der Waals surface area contributed by atoms with E-state index in [0.29, 0.717) is 19.1 Å². The highest BCUT2D eigenvalue weighted by Crippen LogP contribution is 2.33. The molecule has 0 spiro atoms. The van der Waals surface area contributed by atoms with E-state index in [9.17, 15) is 18.0 Å². The molecule has 178 valence electrons. The van der Waals surface area contributed by atoms with E-state index in [1.54, 1.807) is 0 Å². The van der Waals surface area contributed by atoms with Crippen molar-refractivity contribution in [3.63, 3.8) is 0 Å². The number of hydrogen-bond acceptors (Lipinski definition) is 4. The number of benzene rings is 2. The van der Waals surface area contributed by atoms with Gasteiger partial charge in [-0.2, -0.15) is 13.2 Å². The van der Waals surface area contributed by atoms with Gasteiger partial charge in [-0.05, 0) is 68.5 Å². The third kappa shape index (κ3) is 6.12. The van der Waals surface area contributed by atoms with Crippen LogP contribution in [-0.4, -0.2) is 37.7 Å². The van der Waals surface area contributed by atoms with Gasteiger partial charge in [0.15, 0.2) is 11.5 Å². The summed E-state index contributed by atoms with van der Waals surface area (Å²) in [6.45, 7) is 2.02. The van der Waals surface area contributed by atoms with Crippen molar-refractivity contribution in [2.75, 3.05) is 19.7 Å². The summed E-state index contributed by atoms with van der Waals surface area (Å²) in [5.41, 5.74) is -1.03. The molecule has 1 unspecified atom stereocenters. The number of rotatable bonds is 6. The number of alkyl halides is 3. The molecule has 9 heteroatoms. The van der Waals surface area contributed by atoms with E-state index < -0.39 is 17.6 Å². The summed E-state index contributed by atoms with van der Waals surface area (Å²) in [5, 5.41) is 6.30. The van der Waals surface area contributed by atoms with Crippen molar-refractivity contribution in [2.45, 2.75) is 44.0 Å². The molecule has 1 fully saturated rings. The second kappa shape index (κ2) is 10.2. The maximum atomic E-state index is 13.0. The molecule has 2 aromatic rings. The summed E-state index contributed by atoms with van der Waals surface area (Å²) >= 11 is 5.98. The fourth-order valence-electron chi connectivity index (χ4n) is 4.26. The first-order valence-electron chi connectivity index (χ1n) is 11.1. The van der Waals surface area contributed by atoms with Crippen molar-refractivity contribution in [2.24, 2.45) is 5.92 Å². The maximum Gasteiger partial charge on any atom is 0.416 e. The van der Waals surface area contributed by atoms with Gasteiger partial charge in [0.1, 0.15) is 12.7 Å². The van der Waals surface area contributed by atoms with E-state index in [1.165, 1.54) is 0 Å². The van der Waals surface area contributed by atoms with Crippen molar-refractivity contribution in [3.8, 4) is 11.5 Å². The van der Waals surface area contributed by atoms with Crippen LogP contribution in [0.25, 0.3) is 0 Å². The zero-order valence-corrected chi connectivity index (χ0v) is 18.7. The molecule has 1 amide bonds. The summed E-state index contributed by atoms with van der Waals surface area (Å²) in [6, 6.07) is 10.3. The number of carbonyl (C=O) groups is 1. The maximum absolute atomic E-state index is 13.0. The van der Waals surface area contributed by atoms with Crippen LogP contribution in [0.15, 0.2) is 42.5 Å². The topological polar surface area (TPSA) is 59.6 Å². The van der Waals surface area contributed by atoms with Crippen LogP contribution >= 0.6 is 11.6 Å². The third-order valence-corrected chi connectivity index (χ3v) is 6.42. The SMILES string of the molecule is O=C(NC1CCC(CNCC2COc3ccccc3O2)CC1)c1cc(C(F)(F)F)ccc1Cl. The molecule has 1 heterocycles. The average molecular weight is 483 g/mol. The van der Waals surface area contributed by atoms with E-state index in [1.807, 2.05) is 24.3 Å². The molecular weight excluding hydrogens is 457 g/mol. The number of halogens is 4. The number of nitrogens with one attached hydrogen (secondary N) is 2. The Kier molecular flexibility index (Phi) is 7.34. The molecule has 33 heavy (non-hydrogen) atoms. The van der Waals surface area contributed by atoms with Gasteiger partial charge in [-0.25, -0.2) is 0 Å². The first-order chi connectivity index (χ1) is 15.8. The molecule has 4 rings (SSSR count). The van der Waals surface area contributed by atoms with Crippen LogP contribution in [0, 0.1) is 5.92 Å². The minimum atomic E-state index is -4.52. The molecule has 1 aliphatic carbocycles. The Labute approximate surface area is 195 Å². The average Bonchev–Trinajstić information content (AvgIpc) is 2.79. The van der Waals surface area contributed by atoms with Crippen molar-refractivity contribution < 1.29 is 27.4 Å². The van der Waals surface area contributed by atoms with Crippen molar-refractivity contribution in [1.82, 2.24) is 10.6 Å². The smallest absolute Gasteiger partial charge is 0.416 e. The summed E-state index contributed by atoms with van der Waals surface area (Å²) in [6.07, 6.45) is -1.20. The second-order valence-electron chi connectivity index (χ2n) is 8.54. The lowest BCUT2D eigenvalue weighted by Crippen LogP contribution is -2.42. The van der Waals surface area contributed by atoms with Crippen LogP contribution in [-0.2, 0) is 6.18 Å². The van der Waals surface area contributed by atoms with Crippen LogP contribution in [0.1, 0.15) is 41.6 Å². The zero-order chi connectivity index (χ0) is 23.4. The summed E-state index contributed by atoms with van der Waals surface area (Å²) < 4.78 is 50.5. The monoisotopic (exact) mass is 482 g/mol. The van der Waals surface area contributed by atoms with Crippen molar-refractivity contribution in [3.05, 3.63) is 58.6 Å². The Balaban J connectivity index is 1.19. The van der Waals surface area contributed by atoms with Crippen LogP contribution in [0.2, 0.25) is 5.02 Å². The molecule has 0 aromatic heterocycles. The Hall–Kier alpha value is -2.45. The third-order valence-electron chi connectivity index (χ3n) is 6.09. The molecular formula is C24H26ClF3N2O3. The van der Waals surface area contributed by atoms with Gasteiger partial charge in [0, 0.05) is 12.6 Å². The summed E-state index contributed by atoms with van der Waals surface area (Å²) in [5.74, 6) is 1.42. The predicted octanol–water partition coefficient (Wildman–Crippen LogP) is 5.08. The highest BCUT2D eigenvalue weighted by atomic mass is 35.5. The van der Waals surface area contributed by atoms with E-state index in [0.717, 1.165) is 61.9 Å². The van der Waals surface area contributed by atoms with Gasteiger partial charge in [0.25, 0.3) is 5.91 Å². The summed E-state index contributed by atoms with van der Waals surface area (Å²) in [7, 11) is 0. The fourth-order valence-corrected chi connectivity index (χ4v) is 4.47. The molecule has 2 N–H and O–H groups in total. The van der Waals surface area contributed by atoms with Gasteiger partial charge in [0.05, 0.1) is 16.1 Å². The van der Waals surface area contributed by atoms with Gasteiger partial charge >= 0.3 is 6.18 Å². The van der Waals surface area contributed by atoms with Crippen molar-refractivity contribution >= 4 is 17.5 Å². The van der Waals surface area contributed by atoms with Gasteiger partial charge < -0.3 is 20.1 Å². The Morgan fingerprint density at radius 1 is 1.03 bits per heavy atom. The minimum absolute atomic E-state index is 0.00919. The quantitative estimate of drug-likeness (QED) is 0.603. The van der Waals surface area contributed by atoms with Crippen LogP contribution < -0.4 is 20.1 Å². The summed E-state index contributed by atoms with van der Waals surface area (Å²) in [4.78, 5) is 12.5. The van der Waals surface area contributed by atoms with E-state index in [-0.39, 0.29) is 22.7 Å². The van der Waals surface area contributed by atoms with Crippen molar-refractivity contribution in [1.29, 1.82) is 0 Å². The molecule has 2 aromatic carbocycles. The number of fused-ring (bicyclic) bond motifs is 1. The lowest BCUT2D eigenvalue weighted by atomic mass is 9.86. The number of carbonyl (C=O) groups excluding carboxylic acids is 1. The second-order valence-corrected chi connectivity index (χ2v) is 8.95. The Bertz CT molecular complexity index is 978. The van der Waals surface area contributed by atoms with Gasteiger partial charge in [0.2, 0.25) is 0 Å². The van der Waals surface area contributed by atoms with Gasteiger partial charge in [-0.15, -0.1) is 0 Å². The molecule has 2 aliphatic rings. The number of para-hydroxylation sites is 2. The molecule has 1 atom stereocenters. The Morgan fingerprint density at radius 3 is 2.48 bits per heavy atom. The highest BCUT2D eigenvalue weighted by Gasteiger charge is 2.32. The van der Waals surface area contributed by atoms with Crippen LogP contribution in [0.4, 0.5) is 13.2 Å². The zero-order valence-electron chi connectivity index (χ0n) is 18.0. The largest absolute Gasteiger partial charge is 0.486 e. The molecule has 0 radical (unpaired) electrons. The lowest BCUT2D eigenvalue weighted by molar-refractivity contribution is -0.137. The van der Waals surface area contributed by atoms with E-state index in [2.05, 4.69) is 10.6 Å². The minimum Gasteiger partial charge on any atom is -0.486 e. The van der Waals surface area contributed by atoms with Crippen LogP contribution in [0.3, 0.4) is 0 Å². The number of hydrogen-bond donors (Lipinski definition) is 2. The van der Waals surface area contributed by atoms with Gasteiger partial charge in [-0.3, -0.25) is 4.79 Å². The first-order valence-corrected chi connectivity index (χ1v) is 11.4. The van der Waals surface area contributed by atoms with Crippen LogP contribution in [0.5, 0.6) is 11.5 Å². The van der Waals surface area contributed by atoms with E-state index >= 15 is 0 Å². The standard InChI is InChI=1S/C24H26ClF3N2O3/c25-20-10-7-16(24(26,27)28)11-19(20)23(31)30-17-8-5-15(6-9-17)12-29-13-18-14-32-21-3-1-2-4-22(21)33-18/h1-4,7,10-11,15,17-18,29H,5-6,8-9,12-14H2,(H,30,31). The van der Waals surface area contributed by atoms with Gasteiger partial charge in [-0.1, -0.05) is 23.7 Å². The lowest BCUT2D eigenvalue weighted by Gasteiger charge is -2.30. The highest BCUT2D eigenvalue weighted by molar-refractivity contribution is 6.33. The molecule has 1 saturated carbocycles. The molecule has 5 nitrogen and oxygen atoms in total. The first kappa shape index (κ1) is 23.7. The van der Waals surface area contributed by atoms with E-state index in [4.69, 9.17) is 21.1 Å². The normalized spacial score (nSPS) is 22.6. The predicted molar refractivity (Wildman–Crippen MR) is 119 cm³/mol. The molecule has 0 bridgehead atoms. The number of amides is 1. The molecule has 1 aliphatic heterocycles. The molecule has 0 saturated heterocycles. The number of ether oxygens (including phenoxy) is 2. The fraction of sp³-hybridized carbons (Fsp3) is 0.458.